The Labute approximate surface area is 114 Å². The van der Waals surface area contributed by atoms with E-state index in [1.165, 1.54) is 5.56 Å². The Balaban J connectivity index is 1.77. The van der Waals surface area contributed by atoms with Gasteiger partial charge in [-0.05, 0) is 19.4 Å². The highest BCUT2D eigenvalue weighted by molar-refractivity contribution is 5.14. The lowest BCUT2D eigenvalue weighted by Gasteiger charge is -2.23. The summed E-state index contributed by atoms with van der Waals surface area (Å²) in [7, 11) is 0. The van der Waals surface area contributed by atoms with Crippen molar-refractivity contribution < 1.29 is 14.6 Å². The molecule has 0 bridgehead atoms. The minimum absolute atomic E-state index is 0.0386. The van der Waals surface area contributed by atoms with Crippen molar-refractivity contribution in [3.63, 3.8) is 0 Å². The Morgan fingerprint density at radius 2 is 2.11 bits per heavy atom. The molecule has 0 amide bonds. The van der Waals surface area contributed by atoms with Crippen LogP contribution in [0.4, 0.5) is 0 Å². The van der Waals surface area contributed by atoms with Gasteiger partial charge in [0, 0.05) is 25.6 Å². The van der Waals surface area contributed by atoms with E-state index in [1.807, 2.05) is 32.0 Å². The lowest BCUT2D eigenvalue weighted by molar-refractivity contribution is -0.146. The molecule has 0 saturated carbocycles. The molecule has 0 radical (unpaired) electrons. The van der Waals surface area contributed by atoms with Gasteiger partial charge in [-0.1, -0.05) is 30.3 Å². The molecule has 0 aliphatic carbocycles. The van der Waals surface area contributed by atoms with Gasteiger partial charge in [-0.15, -0.1) is 0 Å². The van der Waals surface area contributed by atoms with E-state index in [2.05, 4.69) is 17.4 Å². The van der Waals surface area contributed by atoms with E-state index in [-0.39, 0.29) is 18.6 Å². The molecule has 2 atom stereocenters. The van der Waals surface area contributed by atoms with Crippen molar-refractivity contribution in [3.05, 3.63) is 35.9 Å². The van der Waals surface area contributed by atoms with E-state index >= 15 is 0 Å². The SMILES string of the molecule is CC1(C)OC[C@@H](C(CO)CNCc2ccccc2)O1. The Kier molecular flexibility index (Phi) is 4.93. The molecule has 19 heavy (non-hydrogen) atoms. The zero-order valence-corrected chi connectivity index (χ0v) is 11.6. The first-order chi connectivity index (χ1) is 9.11. The third kappa shape index (κ3) is 4.28. The van der Waals surface area contributed by atoms with Gasteiger partial charge in [0.25, 0.3) is 0 Å². The molecule has 106 valence electrons. The number of rotatable bonds is 6. The summed E-state index contributed by atoms with van der Waals surface area (Å²) in [5, 5.41) is 12.8. The standard InChI is InChI=1S/C15H23NO3/c1-15(2)18-11-14(19-15)13(10-17)9-16-8-12-6-4-3-5-7-12/h3-7,13-14,16-17H,8-11H2,1-2H3/t13?,14-/m0/s1. The number of hydrogen-bond donors (Lipinski definition) is 2. The summed E-state index contributed by atoms with van der Waals surface area (Å²) in [6.07, 6.45) is -0.0386. The minimum Gasteiger partial charge on any atom is -0.396 e. The van der Waals surface area contributed by atoms with Gasteiger partial charge in [-0.25, -0.2) is 0 Å². The predicted octanol–water partition coefficient (Wildman–Crippen LogP) is 1.54. The van der Waals surface area contributed by atoms with Gasteiger partial charge in [0.15, 0.2) is 5.79 Å². The van der Waals surface area contributed by atoms with Crippen LogP contribution in [0.1, 0.15) is 19.4 Å². The lowest BCUT2D eigenvalue weighted by atomic mass is 10.0. The molecule has 2 rings (SSSR count). The predicted molar refractivity (Wildman–Crippen MR) is 73.6 cm³/mol. The number of benzene rings is 1. The molecule has 1 aliphatic rings. The number of aliphatic hydroxyl groups excluding tert-OH is 1. The number of hydrogen-bond acceptors (Lipinski definition) is 4. The molecule has 1 aromatic rings. The van der Waals surface area contributed by atoms with Gasteiger partial charge in [0.05, 0.1) is 12.7 Å². The molecule has 1 fully saturated rings. The van der Waals surface area contributed by atoms with E-state index in [0.717, 1.165) is 13.1 Å². The summed E-state index contributed by atoms with van der Waals surface area (Å²) in [5.41, 5.74) is 1.24. The molecule has 2 N–H and O–H groups in total. The van der Waals surface area contributed by atoms with Crippen molar-refractivity contribution in [2.24, 2.45) is 5.92 Å². The average molecular weight is 265 g/mol. The monoisotopic (exact) mass is 265 g/mol. The smallest absolute Gasteiger partial charge is 0.163 e. The Morgan fingerprint density at radius 1 is 1.37 bits per heavy atom. The van der Waals surface area contributed by atoms with Gasteiger partial charge in [-0.2, -0.15) is 0 Å². The summed E-state index contributed by atoms with van der Waals surface area (Å²) < 4.78 is 11.3. The molecule has 1 heterocycles. The quantitative estimate of drug-likeness (QED) is 0.819. The fourth-order valence-electron chi connectivity index (χ4n) is 2.26. The van der Waals surface area contributed by atoms with Crippen LogP contribution in [0.25, 0.3) is 0 Å². The zero-order chi connectivity index (χ0) is 13.7. The van der Waals surface area contributed by atoms with Crippen molar-refractivity contribution in [2.45, 2.75) is 32.3 Å². The molecular formula is C15H23NO3. The van der Waals surface area contributed by atoms with E-state index < -0.39 is 5.79 Å². The third-order valence-corrected chi connectivity index (χ3v) is 3.37. The van der Waals surface area contributed by atoms with Gasteiger partial charge in [0.2, 0.25) is 0 Å². The highest BCUT2D eigenvalue weighted by Crippen LogP contribution is 2.26. The van der Waals surface area contributed by atoms with Crippen LogP contribution >= 0.6 is 0 Å². The lowest BCUT2D eigenvalue weighted by Crippen LogP contribution is -2.36. The summed E-state index contributed by atoms with van der Waals surface area (Å²) in [6.45, 7) is 5.97. The average Bonchev–Trinajstić information content (AvgIpc) is 2.76. The van der Waals surface area contributed by atoms with Gasteiger partial charge >= 0.3 is 0 Å². The van der Waals surface area contributed by atoms with Crippen molar-refractivity contribution in [1.29, 1.82) is 0 Å². The number of aliphatic hydroxyl groups is 1. The van der Waals surface area contributed by atoms with E-state index in [0.29, 0.717) is 6.61 Å². The maximum atomic E-state index is 9.48. The fraction of sp³-hybridized carbons (Fsp3) is 0.600. The van der Waals surface area contributed by atoms with Gasteiger partial charge in [0.1, 0.15) is 0 Å². The zero-order valence-electron chi connectivity index (χ0n) is 11.6. The molecule has 0 aromatic heterocycles. The Bertz CT molecular complexity index is 380. The van der Waals surface area contributed by atoms with Crippen LogP contribution < -0.4 is 5.32 Å². The van der Waals surface area contributed by atoms with Crippen molar-refractivity contribution in [3.8, 4) is 0 Å². The fourth-order valence-corrected chi connectivity index (χ4v) is 2.26. The molecule has 1 saturated heterocycles. The van der Waals surface area contributed by atoms with Crippen molar-refractivity contribution in [2.75, 3.05) is 19.8 Å². The highest BCUT2D eigenvalue weighted by atomic mass is 16.7. The molecule has 0 spiro atoms. The maximum absolute atomic E-state index is 9.48. The molecule has 1 aliphatic heterocycles. The van der Waals surface area contributed by atoms with E-state index in [1.54, 1.807) is 0 Å². The Morgan fingerprint density at radius 3 is 2.68 bits per heavy atom. The molecule has 4 nitrogen and oxygen atoms in total. The molecule has 1 aromatic carbocycles. The summed E-state index contributed by atoms with van der Waals surface area (Å²) in [5.74, 6) is -0.470. The Hall–Kier alpha value is -0.940. The first-order valence-electron chi connectivity index (χ1n) is 6.78. The molecule has 4 heteroatoms. The van der Waals surface area contributed by atoms with Crippen LogP contribution in [0.5, 0.6) is 0 Å². The second-order valence-corrected chi connectivity index (χ2v) is 5.43. The van der Waals surface area contributed by atoms with Crippen LogP contribution in [-0.4, -0.2) is 36.8 Å². The van der Waals surface area contributed by atoms with Gasteiger partial charge < -0.3 is 19.9 Å². The molecular weight excluding hydrogens is 242 g/mol. The second-order valence-electron chi connectivity index (χ2n) is 5.43. The van der Waals surface area contributed by atoms with E-state index in [4.69, 9.17) is 9.47 Å². The van der Waals surface area contributed by atoms with Crippen molar-refractivity contribution in [1.82, 2.24) is 5.32 Å². The summed E-state index contributed by atoms with van der Waals surface area (Å²) >= 11 is 0. The number of nitrogens with one attached hydrogen (secondary N) is 1. The van der Waals surface area contributed by atoms with Gasteiger partial charge in [-0.3, -0.25) is 0 Å². The van der Waals surface area contributed by atoms with Crippen LogP contribution in [-0.2, 0) is 16.0 Å². The largest absolute Gasteiger partial charge is 0.396 e. The van der Waals surface area contributed by atoms with Crippen LogP contribution in [0.2, 0.25) is 0 Å². The number of ether oxygens (including phenoxy) is 2. The normalized spacial score (nSPS) is 23.4. The summed E-state index contributed by atoms with van der Waals surface area (Å²) in [4.78, 5) is 0. The maximum Gasteiger partial charge on any atom is 0.163 e. The highest BCUT2D eigenvalue weighted by Gasteiger charge is 2.36. The third-order valence-electron chi connectivity index (χ3n) is 3.37. The first kappa shape index (κ1) is 14.5. The molecule has 1 unspecified atom stereocenters. The topological polar surface area (TPSA) is 50.7 Å². The first-order valence-corrected chi connectivity index (χ1v) is 6.78. The second kappa shape index (κ2) is 6.48. The summed E-state index contributed by atoms with van der Waals surface area (Å²) in [6, 6.07) is 10.2. The van der Waals surface area contributed by atoms with Crippen LogP contribution in [0.15, 0.2) is 30.3 Å². The minimum atomic E-state index is -0.530. The van der Waals surface area contributed by atoms with Crippen molar-refractivity contribution >= 4 is 0 Å². The van der Waals surface area contributed by atoms with E-state index in [9.17, 15) is 5.11 Å². The van der Waals surface area contributed by atoms with Crippen LogP contribution in [0, 0.1) is 5.92 Å². The van der Waals surface area contributed by atoms with Crippen LogP contribution in [0.3, 0.4) is 0 Å².